The molecule has 0 aliphatic rings. The number of carbonyl (C=O) groups excluding carboxylic acids is 1. The zero-order valence-electron chi connectivity index (χ0n) is 9.95. The molecule has 106 valence electrons. The molecule has 0 fully saturated rings. The van der Waals surface area contributed by atoms with Crippen LogP contribution in [0.3, 0.4) is 0 Å². The first kappa shape index (κ1) is 15.0. The third-order valence-corrected chi connectivity index (χ3v) is 2.05. The van der Waals surface area contributed by atoms with Crippen molar-refractivity contribution in [3.63, 3.8) is 0 Å². The first-order valence-electron chi connectivity index (χ1n) is 5.20. The molecule has 0 spiro atoms. The quantitative estimate of drug-likeness (QED) is 0.803. The molecule has 6 nitrogen and oxygen atoms in total. The van der Waals surface area contributed by atoms with Crippen LogP contribution in [0.1, 0.15) is 23.0 Å². The van der Waals surface area contributed by atoms with Gasteiger partial charge in [-0.1, -0.05) is 0 Å². The summed E-state index contributed by atoms with van der Waals surface area (Å²) < 4.78 is 45.2. The summed E-state index contributed by atoms with van der Waals surface area (Å²) in [6.45, 7) is 1.30. The first-order chi connectivity index (χ1) is 8.80. The number of nitrogens with zero attached hydrogens (tertiary/aromatic N) is 1. The summed E-state index contributed by atoms with van der Waals surface area (Å²) >= 11 is 0. The topological polar surface area (TPSA) is 100 Å². The van der Waals surface area contributed by atoms with Crippen molar-refractivity contribution < 1.29 is 27.4 Å². The Bertz CT molecular complexity index is 477. The van der Waals surface area contributed by atoms with E-state index in [-0.39, 0.29) is 18.7 Å². The van der Waals surface area contributed by atoms with E-state index in [1.165, 1.54) is 6.92 Å². The summed E-state index contributed by atoms with van der Waals surface area (Å²) in [7, 11) is 0. The number of alkyl halides is 3. The van der Waals surface area contributed by atoms with Crippen LogP contribution in [0, 0.1) is 0 Å². The molecule has 0 bridgehead atoms. The number of hydrogen-bond donors (Lipinski definition) is 2. The average molecular weight is 279 g/mol. The van der Waals surface area contributed by atoms with E-state index in [0.29, 0.717) is 0 Å². The van der Waals surface area contributed by atoms with Crippen molar-refractivity contribution >= 4 is 11.7 Å². The molecule has 9 heteroatoms. The van der Waals surface area contributed by atoms with Crippen LogP contribution >= 0.6 is 0 Å². The summed E-state index contributed by atoms with van der Waals surface area (Å²) in [5, 5.41) is 0. The Hall–Kier alpha value is -2.03. The van der Waals surface area contributed by atoms with Gasteiger partial charge in [0.15, 0.2) is 11.4 Å². The van der Waals surface area contributed by atoms with E-state index in [0.717, 1.165) is 6.20 Å². The fourth-order valence-corrected chi connectivity index (χ4v) is 1.29. The molecule has 1 heterocycles. The SMILES string of the molecule is CCOC(=O)c1ncc(CN)c(OC(F)(F)F)c1N. The summed E-state index contributed by atoms with van der Waals surface area (Å²) in [5.41, 5.74) is 9.65. The van der Waals surface area contributed by atoms with Gasteiger partial charge in [-0.3, -0.25) is 0 Å². The van der Waals surface area contributed by atoms with E-state index in [4.69, 9.17) is 11.5 Å². The number of esters is 1. The highest BCUT2D eigenvalue weighted by molar-refractivity contribution is 5.94. The minimum Gasteiger partial charge on any atom is -0.461 e. The Balaban J connectivity index is 3.25. The van der Waals surface area contributed by atoms with Gasteiger partial charge in [0.25, 0.3) is 0 Å². The minimum absolute atomic E-state index is 0.0358. The van der Waals surface area contributed by atoms with Crippen molar-refractivity contribution in [3.8, 4) is 5.75 Å². The van der Waals surface area contributed by atoms with Gasteiger partial charge < -0.3 is 20.9 Å². The standard InChI is InChI=1S/C10H12F3N3O3/c1-2-18-9(17)7-6(15)8(19-10(11,12)13)5(3-14)4-16-7/h4H,2-3,14-15H2,1H3. The molecule has 0 unspecified atom stereocenters. The molecule has 0 atom stereocenters. The molecule has 0 saturated carbocycles. The van der Waals surface area contributed by atoms with Crippen LogP contribution in [-0.2, 0) is 11.3 Å². The second kappa shape index (κ2) is 5.74. The fraction of sp³-hybridized carbons (Fsp3) is 0.400. The van der Waals surface area contributed by atoms with Gasteiger partial charge in [-0.15, -0.1) is 13.2 Å². The Labute approximate surface area is 106 Å². The maximum atomic E-state index is 12.3. The molecule has 19 heavy (non-hydrogen) atoms. The van der Waals surface area contributed by atoms with Crippen molar-refractivity contribution in [2.45, 2.75) is 19.8 Å². The molecule has 0 aromatic carbocycles. The Morgan fingerprint density at radius 1 is 1.47 bits per heavy atom. The largest absolute Gasteiger partial charge is 0.573 e. The van der Waals surface area contributed by atoms with Crippen molar-refractivity contribution in [2.75, 3.05) is 12.3 Å². The molecule has 1 aromatic heterocycles. The first-order valence-corrected chi connectivity index (χ1v) is 5.20. The number of halogens is 3. The Morgan fingerprint density at radius 2 is 2.11 bits per heavy atom. The van der Waals surface area contributed by atoms with Gasteiger partial charge in [0.1, 0.15) is 5.69 Å². The van der Waals surface area contributed by atoms with E-state index >= 15 is 0 Å². The summed E-state index contributed by atoms with van der Waals surface area (Å²) in [6.07, 6.45) is -3.96. The lowest BCUT2D eigenvalue weighted by molar-refractivity contribution is -0.274. The molecule has 0 saturated heterocycles. The van der Waals surface area contributed by atoms with Crippen LogP contribution in [0.5, 0.6) is 5.75 Å². The average Bonchev–Trinajstić information content (AvgIpc) is 2.30. The lowest BCUT2D eigenvalue weighted by Gasteiger charge is -2.15. The summed E-state index contributed by atoms with van der Waals surface area (Å²) in [6, 6.07) is 0. The van der Waals surface area contributed by atoms with E-state index in [1.54, 1.807) is 0 Å². The zero-order chi connectivity index (χ0) is 14.6. The molecule has 0 radical (unpaired) electrons. The van der Waals surface area contributed by atoms with Gasteiger partial charge in [0.05, 0.1) is 6.61 Å². The van der Waals surface area contributed by atoms with E-state index in [1.807, 2.05) is 0 Å². The lowest BCUT2D eigenvalue weighted by atomic mass is 10.2. The summed E-state index contributed by atoms with van der Waals surface area (Å²) in [4.78, 5) is 15.1. The van der Waals surface area contributed by atoms with Crippen molar-refractivity contribution in [3.05, 3.63) is 17.5 Å². The third kappa shape index (κ3) is 3.71. The van der Waals surface area contributed by atoms with Gasteiger partial charge in [-0.05, 0) is 6.92 Å². The van der Waals surface area contributed by atoms with Gasteiger partial charge >= 0.3 is 12.3 Å². The molecule has 1 rings (SSSR count). The number of nitrogens with two attached hydrogens (primary N) is 2. The van der Waals surface area contributed by atoms with Crippen LogP contribution < -0.4 is 16.2 Å². The number of carbonyl (C=O) groups is 1. The normalized spacial score (nSPS) is 11.2. The van der Waals surface area contributed by atoms with Crippen LogP contribution in [0.25, 0.3) is 0 Å². The third-order valence-electron chi connectivity index (χ3n) is 2.05. The number of ether oxygens (including phenoxy) is 2. The monoisotopic (exact) mass is 279 g/mol. The number of pyridine rings is 1. The van der Waals surface area contributed by atoms with Gasteiger partial charge in [0, 0.05) is 18.3 Å². The fourth-order valence-electron chi connectivity index (χ4n) is 1.29. The molecular weight excluding hydrogens is 267 g/mol. The molecule has 0 amide bonds. The highest BCUT2D eigenvalue weighted by Gasteiger charge is 2.34. The second-order valence-corrected chi connectivity index (χ2v) is 3.35. The maximum absolute atomic E-state index is 12.3. The number of anilines is 1. The summed E-state index contributed by atoms with van der Waals surface area (Å²) in [5.74, 6) is -1.66. The van der Waals surface area contributed by atoms with Crippen LogP contribution in [0.15, 0.2) is 6.20 Å². The number of nitrogen functional groups attached to an aromatic ring is 1. The van der Waals surface area contributed by atoms with Crippen LogP contribution in [-0.4, -0.2) is 23.9 Å². The van der Waals surface area contributed by atoms with Gasteiger partial charge in [-0.2, -0.15) is 0 Å². The second-order valence-electron chi connectivity index (χ2n) is 3.35. The molecule has 4 N–H and O–H groups in total. The maximum Gasteiger partial charge on any atom is 0.573 e. The number of aromatic nitrogens is 1. The Kier molecular flexibility index (Phi) is 4.54. The number of rotatable bonds is 4. The van der Waals surface area contributed by atoms with Gasteiger partial charge in [0.2, 0.25) is 0 Å². The van der Waals surface area contributed by atoms with Crippen LogP contribution in [0.4, 0.5) is 18.9 Å². The number of hydrogen-bond acceptors (Lipinski definition) is 6. The zero-order valence-corrected chi connectivity index (χ0v) is 9.95. The van der Waals surface area contributed by atoms with Crippen molar-refractivity contribution in [1.82, 2.24) is 4.98 Å². The highest BCUT2D eigenvalue weighted by atomic mass is 19.4. The van der Waals surface area contributed by atoms with Crippen molar-refractivity contribution in [2.24, 2.45) is 5.73 Å². The molecule has 0 aliphatic heterocycles. The minimum atomic E-state index is -4.95. The van der Waals surface area contributed by atoms with E-state index < -0.39 is 29.5 Å². The molecule has 1 aromatic rings. The smallest absolute Gasteiger partial charge is 0.461 e. The molecular formula is C10H12F3N3O3. The highest BCUT2D eigenvalue weighted by Crippen LogP contribution is 2.33. The van der Waals surface area contributed by atoms with Gasteiger partial charge in [-0.25, -0.2) is 9.78 Å². The predicted molar refractivity (Wildman–Crippen MR) is 59.2 cm³/mol. The van der Waals surface area contributed by atoms with E-state index in [2.05, 4.69) is 14.5 Å². The Morgan fingerprint density at radius 3 is 2.58 bits per heavy atom. The van der Waals surface area contributed by atoms with Crippen molar-refractivity contribution in [1.29, 1.82) is 0 Å². The molecule has 0 aliphatic carbocycles. The van der Waals surface area contributed by atoms with Crippen LogP contribution in [0.2, 0.25) is 0 Å². The van der Waals surface area contributed by atoms with E-state index in [9.17, 15) is 18.0 Å². The lowest BCUT2D eigenvalue weighted by Crippen LogP contribution is -2.21. The predicted octanol–water partition coefficient (Wildman–Crippen LogP) is 1.20.